The highest BCUT2D eigenvalue weighted by Gasteiger charge is 2.73. The predicted molar refractivity (Wildman–Crippen MR) is 105 cm³/mol. The Bertz CT molecular complexity index is 1050. The van der Waals surface area contributed by atoms with Crippen LogP contribution in [0.25, 0.3) is 0 Å². The average molecular weight is 498 g/mol. The van der Waals surface area contributed by atoms with Gasteiger partial charge in [0.05, 0.1) is 12.7 Å². The highest BCUT2D eigenvalue weighted by atomic mass is 32.1. The molecule has 33 heavy (non-hydrogen) atoms. The molecule has 1 aromatic heterocycles. The molecule has 0 saturated heterocycles. The van der Waals surface area contributed by atoms with Gasteiger partial charge in [-0.2, -0.15) is 26.3 Å². The third-order valence-corrected chi connectivity index (χ3v) is 6.31. The summed E-state index contributed by atoms with van der Waals surface area (Å²) in [4.78, 5) is 25.1. The molecule has 0 atom stereocenters. The summed E-state index contributed by atoms with van der Waals surface area (Å²) in [5.41, 5.74) is -5.85. The maximum atomic E-state index is 14.0. The SMILES string of the molecule is COC(=O)c1c(NC(NC(=O)c2cccc(F)c2)(C(F)(F)F)C(F)(F)F)sc2c1CCCC2. The van der Waals surface area contributed by atoms with Gasteiger partial charge in [-0.15, -0.1) is 11.3 Å². The number of fused-ring (bicyclic) bond motifs is 1. The highest BCUT2D eigenvalue weighted by molar-refractivity contribution is 7.16. The number of benzene rings is 1. The molecule has 1 aliphatic carbocycles. The van der Waals surface area contributed by atoms with E-state index in [1.54, 1.807) is 0 Å². The lowest BCUT2D eigenvalue weighted by molar-refractivity contribution is -0.293. The zero-order valence-corrected chi connectivity index (χ0v) is 17.7. The summed E-state index contributed by atoms with van der Waals surface area (Å²) in [5.74, 6) is -3.96. The maximum absolute atomic E-state index is 14.0. The van der Waals surface area contributed by atoms with Gasteiger partial charge in [0.2, 0.25) is 0 Å². The molecule has 2 aromatic rings. The fourth-order valence-corrected chi connectivity index (χ4v) is 4.82. The van der Waals surface area contributed by atoms with E-state index < -0.39 is 51.8 Å². The molecule has 1 heterocycles. The van der Waals surface area contributed by atoms with Crippen LogP contribution < -0.4 is 10.6 Å². The van der Waals surface area contributed by atoms with Crippen LogP contribution in [0.5, 0.6) is 0 Å². The van der Waals surface area contributed by atoms with Gasteiger partial charge in [0.15, 0.2) is 0 Å². The van der Waals surface area contributed by atoms with Gasteiger partial charge in [0.1, 0.15) is 10.8 Å². The van der Waals surface area contributed by atoms with E-state index in [1.807, 2.05) is 0 Å². The van der Waals surface area contributed by atoms with E-state index >= 15 is 0 Å². The molecule has 0 bridgehead atoms. The number of ether oxygens (including phenoxy) is 1. The first kappa shape index (κ1) is 24.8. The molecule has 0 fully saturated rings. The Balaban J connectivity index is 2.15. The maximum Gasteiger partial charge on any atom is 0.439 e. The molecule has 3 rings (SSSR count). The van der Waals surface area contributed by atoms with Crippen LogP contribution in [-0.2, 0) is 17.6 Å². The van der Waals surface area contributed by atoms with Crippen LogP contribution >= 0.6 is 11.3 Å². The zero-order valence-electron chi connectivity index (χ0n) is 16.9. The number of carbonyl (C=O) groups is 2. The number of methoxy groups -OCH3 is 1. The first-order valence-electron chi connectivity index (χ1n) is 9.53. The molecular weight excluding hydrogens is 481 g/mol. The molecule has 0 unspecified atom stereocenters. The largest absolute Gasteiger partial charge is 0.465 e. The molecular formula is C20H17F7N2O3S. The van der Waals surface area contributed by atoms with Crippen molar-refractivity contribution in [2.75, 3.05) is 12.4 Å². The summed E-state index contributed by atoms with van der Waals surface area (Å²) >= 11 is 0.567. The van der Waals surface area contributed by atoms with Crippen LogP contribution in [0.3, 0.4) is 0 Å². The van der Waals surface area contributed by atoms with Crippen molar-refractivity contribution in [3.63, 3.8) is 0 Å². The number of anilines is 1. The number of halogens is 7. The van der Waals surface area contributed by atoms with Crippen LogP contribution in [0.2, 0.25) is 0 Å². The van der Waals surface area contributed by atoms with Crippen molar-refractivity contribution >= 4 is 28.2 Å². The highest BCUT2D eigenvalue weighted by Crippen LogP contribution is 2.47. The number of rotatable bonds is 5. The van der Waals surface area contributed by atoms with E-state index in [-0.39, 0.29) is 6.42 Å². The predicted octanol–water partition coefficient (Wildman–Crippen LogP) is 5.22. The molecule has 0 spiro atoms. The summed E-state index contributed by atoms with van der Waals surface area (Å²) in [7, 11) is 0.950. The van der Waals surface area contributed by atoms with E-state index in [0.29, 0.717) is 47.1 Å². The molecule has 0 aliphatic heterocycles. The van der Waals surface area contributed by atoms with E-state index in [2.05, 4.69) is 4.74 Å². The number of esters is 1. The van der Waals surface area contributed by atoms with Gasteiger partial charge >= 0.3 is 24.0 Å². The minimum atomic E-state index is -6.11. The molecule has 1 aliphatic rings. The Morgan fingerprint density at radius 3 is 2.24 bits per heavy atom. The number of amides is 1. The molecule has 1 aromatic carbocycles. The number of nitrogens with one attached hydrogen (secondary N) is 2. The second kappa shape index (κ2) is 8.84. The second-order valence-corrected chi connectivity index (χ2v) is 8.35. The van der Waals surface area contributed by atoms with Crippen molar-refractivity contribution in [2.24, 2.45) is 0 Å². The van der Waals surface area contributed by atoms with Crippen molar-refractivity contribution in [3.05, 3.63) is 51.7 Å². The second-order valence-electron chi connectivity index (χ2n) is 7.24. The third-order valence-electron chi connectivity index (χ3n) is 5.10. The first-order chi connectivity index (χ1) is 15.3. The van der Waals surface area contributed by atoms with Gasteiger partial charge < -0.3 is 15.4 Å². The number of carbonyl (C=O) groups excluding carboxylic acids is 2. The van der Waals surface area contributed by atoms with E-state index in [4.69, 9.17) is 0 Å². The zero-order chi connectivity index (χ0) is 24.6. The number of aryl methyl sites for hydroxylation is 1. The lowest BCUT2D eigenvalue weighted by atomic mass is 9.95. The Hall–Kier alpha value is -2.83. The Morgan fingerprint density at radius 2 is 1.67 bits per heavy atom. The quantitative estimate of drug-likeness (QED) is 0.337. The van der Waals surface area contributed by atoms with Crippen molar-refractivity contribution in [3.8, 4) is 0 Å². The Kier molecular flexibility index (Phi) is 6.65. The van der Waals surface area contributed by atoms with Crippen LogP contribution in [0.4, 0.5) is 35.7 Å². The molecule has 0 radical (unpaired) electrons. The van der Waals surface area contributed by atoms with Crippen LogP contribution in [-0.4, -0.2) is 37.0 Å². The van der Waals surface area contributed by atoms with Gasteiger partial charge in [0, 0.05) is 10.4 Å². The van der Waals surface area contributed by atoms with Gasteiger partial charge in [-0.3, -0.25) is 4.79 Å². The molecule has 13 heteroatoms. The van der Waals surface area contributed by atoms with E-state index in [0.717, 1.165) is 30.6 Å². The normalized spacial score (nSPS) is 14.4. The molecule has 180 valence electrons. The van der Waals surface area contributed by atoms with Gasteiger partial charge in [-0.1, -0.05) is 6.07 Å². The van der Waals surface area contributed by atoms with Crippen LogP contribution in [0, 0.1) is 5.82 Å². The van der Waals surface area contributed by atoms with Crippen LogP contribution in [0.1, 0.15) is 44.0 Å². The Morgan fingerprint density at radius 1 is 1.03 bits per heavy atom. The molecule has 2 N–H and O–H groups in total. The lowest BCUT2D eigenvalue weighted by Gasteiger charge is -2.38. The summed E-state index contributed by atoms with van der Waals surface area (Å²) in [6.07, 6.45) is -10.3. The van der Waals surface area contributed by atoms with Crippen molar-refractivity contribution in [2.45, 2.75) is 43.7 Å². The number of alkyl halides is 6. The van der Waals surface area contributed by atoms with Crippen LogP contribution in [0.15, 0.2) is 24.3 Å². The first-order valence-corrected chi connectivity index (χ1v) is 10.3. The summed E-state index contributed by atoms with van der Waals surface area (Å²) in [5, 5.41) is 1.59. The smallest absolute Gasteiger partial charge is 0.439 e. The molecule has 5 nitrogen and oxygen atoms in total. The minimum absolute atomic E-state index is 0.276. The third kappa shape index (κ3) is 4.63. The molecule has 0 saturated carbocycles. The number of hydrogen-bond acceptors (Lipinski definition) is 5. The monoisotopic (exact) mass is 498 g/mol. The fraction of sp³-hybridized carbons (Fsp3) is 0.400. The lowest BCUT2D eigenvalue weighted by Crippen LogP contribution is -2.72. The van der Waals surface area contributed by atoms with Crippen molar-refractivity contribution in [1.82, 2.24) is 5.32 Å². The fourth-order valence-electron chi connectivity index (χ4n) is 3.49. The summed E-state index contributed by atoms with van der Waals surface area (Å²) in [6, 6.07) is 3.19. The van der Waals surface area contributed by atoms with Crippen molar-refractivity contribution < 1.29 is 45.1 Å². The standard InChI is InChI=1S/C20H17F7N2O3S/c1-32-17(31)14-12-7-2-3-8-13(12)33-16(14)29-18(19(22,23)24,20(25,26)27)28-15(30)10-5-4-6-11(21)9-10/h4-6,9,29H,2-3,7-8H2,1H3,(H,28,30). The topological polar surface area (TPSA) is 67.4 Å². The summed E-state index contributed by atoms with van der Waals surface area (Å²) in [6.45, 7) is 0. The van der Waals surface area contributed by atoms with Gasteiger partial charge in [0.25, 0.3) is 5.91 Å². The Labute approximate surface area is 186 Å². The number of hydrogen-bond donors (Lipinski definition) is 2. The van der Waals surface area contributed by atoms with Gasteiger partial charge in [-0.25, -0.2) is 9.18 Å². The van der Waals surface area contributed by atoms with E-state index in [9.17, 15) is 40.3 Å². The average Bonchev–Trinajstić information content (AvgIpc) is 3.08. The minimum Gasteiger partial charge on any atom is -0.465 e. The summed E-state index contributed by atoms with van der Waals surface area (Å²) < 4.78 is 102. The molecule has 1 amide bonds. The van der Waals surface area contributed by atoms with Gasteiger partial charge in [-0.05, 0) is 49.4 Å². The van der Waals surface area contributed by atoms with E-state index in [1.165, 1.54) is 5.32 Å². The van der Waals surface area contributed by atoms with Crippen molar-refractivity contribution in [1.29, 1.82) is 0 Å². The number of thiophene rings is 1.